The summed E-state index contributed by atoms with van der Waals surface area (Å²) in [5.41, 5.74) is 2.12. The quantitative estimate of drug-likeness (QED) is 0.714. The highest BCUT2D eigenvalue weighted by Crippen LogP contribution is 2.30. The van der Waals surface area contributed by atoms with E-state index in [1.807, 2.05) is 48.3 Å². The second kappa shape index (κ2) is 5.68. The van der Waals surface area contributed by atoms with Gasteiger partial charge in [-0.05, 0) is 23.3 Å². The van der Waals surface area contributed by atoms with Gasteiger partial charge in [0.2, 0.25) is 0 Å². The van der Waals surface area contributed by atoms with Gasteiger partial charge in [-0.3, -0.25) is 0 Å². The minimum Gasteiger partial charge on any atom is -1.00 e. The smallest absolute Gasteiger partial charge is 0.169 e. The number of methoxy groups -OCH3 is 1. The van der Waals surface area contributed by atoms with Gasteiger partial charge in [-0.2, -0.15) is 0 Å². The SMILES string of the molecule is COc1cc(-c2cc[n+](C)cc2)ccc1O.[Br-]. The Morgan fingerprint density at radius 2 is 1.71 bits per heavy atom. The van der Waals surface area contributed by atoms with Gasteiger partial charge >= 0.3 is 0 Å². The van der Waals surface area contributed by atoms with E-state index < -0.39 is 0 Å². The normalized spacial score (nSPS) is 9.53. The lowest BCUT2D eigenvalue weighted by Crippen LogP contribution is -3.00. The van der Waals surface area contributed by atoms with Crippen LogP contribution in [0.2, 0.25) is 0 Å². The number of phenols is 1. The van der Waals surface area contributed by atoms with Gasteiger partial charge in [0.25, 0.3) is 0 Å². The molecule has 0 fully saturated rings. The number of phenolic OH excluding ortho intramolecular Hbond substituents is 1. The number of rotatable bonds is 2. The van der Waals surface area contributed by atoms with Crippen LogP contribution in [0.15, 0.2) is 42.7 Å². The third kappa shape index (κ3) is 2.97. The van der Waals surface area contributed by atoms with Gasteiger partial charge in [0.05, 0.1) is 7.11 Å². The fourth-order valence-corrected chi connectivity index (χ4v) is 1.55. The van der Waals surface area contributed by atoms with E-state index in [-0.39, 0.29) is 22.7 Å². The molecule has 4 heteroatoms. The zero-order chi connectivity index (χ0) is 11.5. The molecule has 2 rings (SSSR count). The summed E-state index contributed by atoms with van der Waals surface area (Å²) in [7, 11) is 3.52. The summed E-state index contributed by atoms with van der Waals surface area (Å²) in [4.78, 5) is 0. The second-order valence-electron chi connectivity index (χ2n) is 3.64. The summed E-state index contributed by atoms with van der Waals surface area (Å²) in [5, 5.41) is 9.50. The van der Waals surface area contributed by atoms with Crippen LogP contribution in [0.25, 0.3) is 11.1 Å². The number of aryl methyl sites for hydroxylation is 1. The summed E-state index contributed by atoms with van der Waals surface area (Å²) in [5.74, 6) is 0.651. The van der Waals surface area contributed by atoms with E-state index in [1.54, 1.807) is 13.2 Å². The fourth-order valence-electron chi connectivity index (χ4n) is 1.55. The molecule has 1 heterocycles. The lowest BCUT2D eigenvalue weighted by atomic mass is 10.1. The van der Waals surface area contributed by atoms with Crippen LogP contribution in [0.4, 0.5) is 0 Å². The van der Waals surface area contributed by atoms with Gasteiger partial charge in [-0.1, -0.05) is 6.07 Å². The van der Waals surface area contributed by atoms with E-state index >= 15 is 0 Å². The van der Waals surface area contributed by atoms with E-state index in [9.17, 15) is 5.11 Å². The van der Waals surface area contributed by atoms with Crippen molar-refractivity contribution in [3.05, 3.63) is 42.7 Å². The molecular weight excluding hydrogens is 282 g/mol. The molecule has 1 aromatic heterocycles. The molecule has 0 aliphatic heterocycles. The van der Waals surface area contributed by atoms with Crippen molar-refractivity contribution in [1.82, 2.24) is 0 Å². The zero-order valence-corrected chi connectivity index (χ0v) is 11.3. The van der Waals surface area contributed by atoms with Crippen LogP contribution in [-0.2, 0) is 7.05 Å². The standard InChI is InChI=1S/C13H13NO2.BrH/c1-14-7-5-10(6-8-14)11-3-4-12(15)13(9-11)16-2;/h3-9H,1-2H3;1H. The molecule has 2 aromatic rings. The van der Waals surface area contributed by atoms with Crippen molar-refractivity contribution in [2.45, 2.75) is 0 Å². The minimum absolute atomic E-state index is 0. The molecule has 1 aromatic carbocycles. The molecule has 3 nitrogen and oxygen atoms in total. The maximum absolute atomic E-state index is 9.50. The molecule has 0 saturated heterocycles. The maximum atomic E-state index is 9.50. The van der Waals surface area contributed by atoms with E-state index in [2.05, 4.69) is 0 Å². The fraction of sp³-hybridized carbons (Fsp3) is 0.154. The minimum atomic E-state index is 0. The zero-order valence-electron chi connectivity index (χ0n) is 9.72. The Labute approximate surface area is 111 Å². The number of benzene rings is 1. The first-order chi connectivity index (χ1) is 7.70. The first kappa shape index (κ1) is 13.5. The van der Waals surface area contributed by atoms with Crippen LogP contribution in [0.1, 0.15) is 0 Å². The highest BCUT2D eigenvalue weighted by molar-refractivity contribution is 5.66. The molecule has 0 spiro atoms. The Hall–Kier alpha value is -1.55. The van der Waals surface area contributed by atoms with Gasteiger partial charge < -0.3 is 26.8 Å². The Kier molecular flexibility index (Phi) is 4.52. The first-order valence-electron chi connectivity index (χ1n) is 5.03. The lowest BCUT2D eigenvalue weighted by Gasteiger charge is -2.06. The molecule has 0 unspecified atom stereocenters. The largest absolute Gasteiger partial charge is 1.00 e. The lowest BCUT2D eigenvalue weighted by molar-refractivity contribution is -0.671. The van der Waals surface area contributed by atoms with Crippen LogP contribution in [-0.4, -0.2) is 12.2 Å². The summed E-state index contributed by atoms with van der Waals surface area (Å²) >= 11 is 0. The van der Waals surface area contributed by atoms with Crippen LogP contribution in [0.5, 0.6) is 11.5 Å². The average Bonchev–Trinajstić information content (AvgIpc) is 2.31. The van der Waals surface area contributed by atoms with Crippen molar-refractivity contribution in [3.8, 4) is 22.6 Å². The number of hydrogen-bond donors (Lipinski definition) is 1. The number of ether oxygens (including phenoxy) is 1. The number of pyridine rings is 1. The molecule has 0 saturated carbocycles. The van der Waals surface area contributed by atoms with Crippen LogP contribution < -0.4 is 26.3 Å². The topological polar surface area (TPSA) is 33.3 Å². The second-order valence-corrected chi connectivity index (χ2v) is 3.64. The van der Waals surface area contributed by atoms with Gasteiger partial charge in [-0.25, -0.2) is 4.57 Å². The first-order valence-corrected chi connectivity index (χ1v) is 5.03. The third-order valence-corrected chi connectivity index (χ3v) is 2.49. The number of nitrogens with zero attached hydrogens (tertiary/aromatic N) is 1. The molecule has 0 radical (unpaired) electrons. The summed E-state index contributed by atoms with van der Waals surface area (Å²) < 4.78 is 7.05. The van der Waals surface area contributed by atoms with Crippen molar-refractivity contribution < 1.29 is 31.4 Å². The Bertz CT molecular complexity index is 497. The maximum Gasteiger partial charge on any atom is 0.169 e. The van der Waals surface area contributed by atoms with Gasteiger partial charge in [-0.15, -0.1) is 0 Å². The predicted molar refractivity (Wildman–Crippen MR) is 61.3 cm³/mol. The highest BCUT2D eigenvalue weighted by atomic mass is 79.9. The predicted octanol–water partition coefficient (Wildman–Crippen LogP) is -1.10. The number of aromatic nitrogens is 1. The summed E-state index contributed by atoms with van der Waals surface area (Å²) in [6.45, 7) is 0. The molecule has 0 aliphatic carbocycles. The molecule has 0 bridgehead atoms. The van der Waals surface area contributed by atoms with Crippen LogP contribution >= 0.6 is 0 Å². The van der Waals surface area contributed by atoms with E-state index in [0.717, 1.165) is 11.1 Å². The highest BCUT2D eigenvalue weighted by Gasteiger charge is 2.05. The van der Waals surface area contributed by atoms with Crippen LogP contribution in [0, 0.1) is 0 Å². The van der Waals surface area contributed by atoms with Gasteiger partial charge in [0.15, 0.2) is 23.9 Å². The summed E-state index contributed by atoms with van der Waals surface area (Å²) in [6, 6.07) is 9.37. The van der Waals surface area contributed by atoms with Crippen LogP contribution in [0.3, 0.4) is 0 Å². The Morgan fingerprint density at radius 1 is 1.06 bits per heavy atom. The molecule has 0 atom stereocenters. The monoisotopic (exact) mass is 295 g/mol. The van der Waals surface area contributed by atoms with Crippen molar-refractivity contribution >= 4 is 0 Å². The molecule has 0 aliphatic rings. The van der Waals surface area contributed by atoms with Gasteiger partial charge in [0, 0.05) is 12.1 Å². The average molecular weight is 296 g/mol. The van der Waals surface area contributed by atoms with E-state index in [0.29, 0.717) is 5.75 Å². The number of aromatic hydroxyl groups is 1. The molecule has 1 N–H and O–H groups in total. The Balaban J connectivity index is 0.00000144. The van der Waals surface area contributed by atoms with Gasteiger partial charge in [0.1, 0.15) is 7.05 Å². The van der Waals surface area contributed by atoms with Crippen molar-refractivity contribution in [2.75, 3.05) is 7.11 Å². The molecule has 90 valence electrons. The van der Waals surface area contributed by atoms with E-state index in [4.69, 9.17) is 4.74 Å². The molecular formula is C13H14BrNO2. The van der Waals surface area contributed by atoms with E-state index in [1.165, 1.54) is 0 Å². The Morgan fingerprint density at radius 3 is 2.29 bits per heavy atom. The number of hydrogen-bond acceptors (Lipinski definition) is 2. The molecule has 17 heavy (non-hydrogen) atoms. The van der Waals surface area contributed by atoms with Crippen molar-refractivity contribution in [1.29, 1.82) is 0 Å². The molecule has 0 amide bonds. The van der Waals surface area contributed by atoms with Crippen molar-refractivity contribution in [3.63, 3.8) is 0 Å². The third-order valence-electron chi connectivity index (χ3n) is 2.49. The van der Waals surface area contributed by atoms with Crippen molar-refractivity contribution in [2.24, 2.45) is 7.05 Å². The summed E-state index contributed by atoms with van der Waals surface area (Å²) in [6.07, 6.45) is 3.96. The number of halogens is 1.